The van der Waals surface area contributed by atoms with Gasteiger partial charge < -0.3 is 4.74 Å². The fourth-order valence-electron chi connectivity index (χ4n) is 1.07. The van der Waals surface area contributed by atoms with Gasteiger partial charge in [0.15, 0.2) is 17.7 Å². The van der Waals surface area contributed by atoms with E-state index in [1.165, 1.54) is 13.0 Å². The minimum absolute atomic E-state index is 0.0473. The molecule has 0 bridgehead atoms. The number of nitrogens with one attached hydrogen (secondary N) is 1. The lowest BCUT2D eigenvalue weighted by Crippen LogP contribution is -2.40. The molecule has 0 fully saturated rings. The summed E-state index contributed by atoms with van der Waals surface area (Å²) in [6.07, 6.45) is -0.828. The maximum absolute atomic E-state index is 13.4. The predicted octanol–water partition coefficient (Wildman–Crippen LogP) is 0.891. The van der Waals surface area contributed by atoms with Crippen LogP contribution in [0.25, 0.3) is 0 Å². The van der Waals surface area contributed by atoms with Gasteiger partial charge in [-0.2, -0.15) is 0 Å². The van der Waals surface area contributed by atoms with Crippen LogP contribution in [0.5, 0.6) is 5.75 Å². The fourth-order valence-corrected chi connectivity index (χ4v) is 1.07. The molecule has 0 saturated carbocycles. The zero-order chi connectivity index (χ0) is 11.4. The van der Waals surface area contributed by atoms with E-state index in [1.54, 1.807) is 19.1 Å². The third kappa shape index (κ3) is 2.66. The molecule has 0 spiro atoms. The van der Waals surface area contributed by atoms with Gasteiger partial charge in [-0.25, -0.2) is 10.2 Å². The smallest absolute Gasteiger partial charge is 0.274 e. The topological polar surface area (TPSA) is 64.3 Å². The average molecular weight is 212 g/mol. The molecule has 1 aromatic carbocycles. The van der Waals surface area contributed by atoms with E-state index >= 15 is 0 Å². The first-order valence-electron chi connectivity index (χ1n) is 4.48. The highest BCUT2D eigenvalue weighted by atomic mass is 19.1. The van der Waals surface area contributed by atoms with Gasteiger partial charge >= 0.3 is 0 Å². The van der Waals surface area contributed by atoms with Gasteiger partial charge in [0.25, 0.3) is 5.91 Å². The summed E-state index contributed by atoms with van der Waals surface area (Å²) in [6.45, 7) is 3.11. The van der Waals surface area contributed by atoms with Gasteiger partial charge in [-0.1, -0.05) is 12.1 Å². The van der Waals surface area contributed by atoms with Gasteiger partial charge in [-0.05, 0) is 25.5 Å². The monoisotopic (exact) mass is 212 g/mol. The maximum atomic E-state index is 13.4. The molecule has 0 saturated heterocycles. The summed E-state index contributed by atoms with van der Waals surface area (Å²) in [6, 6.07) is 4.74. The van der Waals surface area contributed by atoms with E-state index in [4.69, 9.17) is 10.6 Å². The predicted molar refractivity (Wildman–Crippen MR) is 53.6 cm³/mol. The Morgan fingerprint density at radius 1 is 1.60 bits per heavy atom. The Labute approximate surface area is 87.2 Å². The van der Waals surface area contributed by atoms with E-state index in [0.717, 1.165) is 0 Å². The molecule has 5 heteroatoms. The van der Waals surface area contributed by atoms with Crippen molar-refractivity contribution < 1.29 is 13.9 Å². The zero-order valence-electron chi connectivity index (χ0n) is 8.58. The van der Waals surface area contributed by atoms with Crippen LogP contribution in [0.1, 0.15) is 12.5 Å². The molecule has 1 rings (SSSR count). The largest absolute Gasteiger partial charge is 0.478 e. The standard InChI is InChI=1S/C10H13FN2O2/c1-6-4-3-5-8(9(6)11)15-7(2)10(14)13-12/h3-5,7H,12H2,1-2H3,(H,13,14). The molecule has 3 N–H and O–H groups in total. The molecule has 0 aliphatic rings. The number of halogens is 1. The lowest BCUT2D eigenvalue weighted by Gasteiger charge is -2.13. The molecule has 4 nitrogen and oxygen atoms in total. The lowest BCUT2D eigenvalue weighted by molar-refractivity contribution is -0.127. The van der Waals surface area contributed by atoms with Crippen molar-refractivity contribution in [3.8, 4) is 5.75 Å². The maximum Gasteiger partial charge on any atom is 0.274 e. The van der Waals surface area contributed by atoms with Crippen molar-refractivity contribution >= 4 is 5.91 Å². The molecular formula is C10H13FN2O2. The number of ether oxygens (including phenoxy) is 1. The first kappa shape index (κ1) is 11.5. The van der Waals surface area contributed by atoms with Crippen LogP contribution in [0, 0.1) is 12.7 Å². The van der Waals surface area contributed by atoms with Crippen LogP contribution in [-0.2, 0) is 4.79 Å². The van der Waals surface area contributed by atoms with E-state index < -0.39 is 17.8 Å². The Hall–Kier alpha value is -1.62. The molecular weight excluding hydrogens is 199 g/mol. The van der Waals surface area contributed by atoms with Crippen LogP contribution in [0.4, 0.5) is 4.39 Å². The van der Waals surface area contributed by atoms with Crippen molar-refractivity contribution in [3.63, 3.8) is 0 Å². The number of hydrazine groups is 1. The Bertz CT molecular complexity index is 368. The molecule has 1 unspecified atom stereocenters. The average Bonchev–Trinajstić information content (AvgIpc) is 2.23. The summed E-state index contributed by atoms with van der Waals surface area (Å²) in [5.74, 6) is 4.00. The normalized spacial score (nSPS) is 12.0. The molecule has 1 amide bonds. The van der Waals surface area contributed by atoms with Crippen molar-refractivity contribution in [2.45, 2.75) is 20.0 Å². The molecule has 0 heterocycles. The third-order valence-electron chi connectivity index (χ3n) is 1.97. The minimum atomic E-state index is -0.828. The number of nitrogens with two attached hydrogens (primary N) is 1. The zero-order valence-corrected chi connectivity index (χ0v) is 8.58. The Balaban J connectivity index is 2.81. The number of aryl methyl sites for hydroxylation is 1. The Morgan fingerprint density at radius 3 is 2.87 bits per heavy atom. The van der Waals surface area contributed by atoms with Crippen molar-refractivity contribution in [2.24, 2.45) is 5.84 Å². The van der Waals surface area contributed by atoms with Crippen LogP contribution in [-0.4, -0.2) is 12.0 Å². The van der Waals surface area contributed by atoms with Crippen LogP contribution in [0.15, 0.2) is 18.2 Å². The number of amides is 1. The van der Waals surface area contributed by atoms with Gasteiger partial charge in [-0.15, -0.1) is 0 Å². The summed E-state index contributed by atoms with van der Waals surface area (Å²) in [4.78, 5) is 11.0. The number of rotatable bonds is 3. The van der Waals surface area contributed by atoms with E-state index in [-0.39, 0.29) is 5.75 Å². The van der Waals surface area contributed by atoms with E-state index in [2.05, 4.69) is 0 Å². The highest BCUT2D eigenvalue weighted by Crippen LogP contribution is 2.20. The number of carbonyl (C=O) groups excluding carboxylic acids is 1. The van der Waals surface area contributed by atoms with Gasteiger partial charge in [-0.3, -0.25) is 10.2 Å². The van der Waals surface area contributed by atoms with Gasteiger partial charge in [0.05, 0.1) is 0 Å². The van der Waals surface area contributed by atoms with Gasteiger partial charge in [0.2, 0.25) is 0 Å². The molecule has 0 aromatic heterocycles. The molecule has 0 aliphatic carbocycles. The fraction of sp³-hybridized carbons (Fsp3) is 0.300. The van der Waals surface area contributed by atoms with E-state index in [1.807, 2.05) is 5.43 Å². The number of benzene rings is 1. The molecule has 15 heavy (non-hydrogen) atoms. The molecule has 82 valence electrons. The van der Waals surface area contributed by atoms with E-state index in [9.17, 15) is 9.18 Å². The summed E-state index contributed by atoms with van der Waals surface area (Å²) >= 11 is 0. The van der Waals surface area contributed by atoms with Crippen LogP contribution in [0.3, 0.4) is 0 Å². The number of hydrogen-bond acceptors (Lipinski definition) is 3. The van der Waals surface area contributed by atoms with Crippen LogP contribution < -0.4 is 16.0 Å². The number of carbonyl (C=O) groups is 1. The number of hydrogen-bond donors (Lipinski definition) is 2. The summed E-state index contributed by atoms with van der Waals surface area (Å²) < 4.78 is 18.6. The highest BCUT2D eigenvalue weighted by Gasteiger charge is 2.15. The second-order valence-corrected chi connectivity index (χ2v) is 3.16. The second-order valence-electron chi connectivity index (χ2n) is 3.16. The summed E-state index contributed by atoms with van der Waals surface area (Å²) in [5.41, 5.74) is 2.40. The van der Waals surface area contributed by atoms with Gasteiger partial charge in [0.1, 0.15) is 0 Å². The van der Waals surface area contributed by atoms with Gasteiger partial charge in [0, 0.05) is 0 Å². The van der Waals surface area contributed by atoms with Crippen LogP contribution in [0.2, 0.25) is 0 Å². The summed E-state index contributed by atoms with van der Waals surface area (Å²) in [5, 5.41) is 0. The first-order chi connectivity index (χ1) is 7.06. The second kappa shape index (κ2) is 4.75. The molecule has 1 aromatic rings. The van der Waals surface area contributed by atoms with Crippen molar-refractivity contribution in [2.75, 3.05) is 0 Å². The molecule has 1 atom stereocenters. The molecule has 0 aliphatic heterocycles. The van der Waals surface area contributed by atoms with Crippen molar-refractivity contribution in [1.29, 1.82) is 0 Å². The Kier molecular flexibility index (Phi) is 3.62. The summed E-state index contributed by atoms with van der Waals surface area (Å²) in [7, 11) is 0. The molecule has 0 radical (unpaired) electrons. The van der Waals surface area contributed by atoms with Crippen LogP contribution >= 0.6 is 0 Å². The lowest BCUT2D eigenvalue weighted by atomic mass is 10.2. The van der Waals surface area contributed by atoms with Crippen molar-refractivity contribution in [3.05, 3.63) is 29.6 Å². The minimum Gasteiger partial charge on any atom is -0.478 e. The Morgan fingerprint density at radius 2 is 2.27 bits per heavy atom. The van der Waals surface area contributed by atoms with Crippen molar-refractivity contribution in [1.82, 2.24) is 5.43 Å². The SMILES string of the molecule is Cc1cccc(OC(C)C(=O)NN)c1F. The third-order valence-corrected chi connectivity index (χ3v) is 1.97. The highest BCUT2D eigenvalue weighted by molar-refractivity contribution is 5.80. The van der Waals surface area contributed by atoms with E-state index in [0.29, 0.717) is 5.56 Å². The first-order valence-corrected chi connectivity index (χ1v) is 4.48. The quantitative estimate of drug-likeness (QED) is 0.444.